The maximum absolute atomic E-state index is 12.0. The van der Waals surface area contributed by atoms with Gasteiger partial charge in [-0.15, -0.1) is 0 Å². The molecule has 110 valence electrons. The van der Waals surface area contributed by atoms with E-state index in [0.717, 1.165) is 45.7 Å². The minimum atomic E-state index is -0.319. The van der Waals surface area contributed by atoms with Gasteiger partial charge in [-0.1, -0.05) is 0 Å². The Labute approximate surface area is 114 Å². The van der Waals surface area contributed by atoms with Crippen molar-refractivity contribution < 1.29 is 14.3 Å². The number of hydrogen-bond donors (Lipinski definition) is 2. The maximum atomic E-state index is 12.0. The fourth-order valence-corrected chi connectivity index (χ4v) is 2.62. The highest BCUT2D eigenvalue weighted by molar-refractivity contribution is 5.81. The van der Waals surface area contributed by atoms with Crippen LogP contribution < -0.4 is 11.1 Å². The van der Waals surface area contributed by atoms with Crippen molar-refractivity contribution >= 4 is 5.91 Å². The highest BCUT2D eigenvalue weighted by Gasteiger charge is 2.30. The van der Waals surface area contributed by atoms with Gasteiger partial charge in [-0.2, -0.15) is 0 Å². The molecule has 0 aliphatic carbocycles. The molecule has 0 saturated carbocycles. The van der Waals surface area contributed by atoms with Crippen molar-refractivity contribution in [2.75, 3.05) is 39.4 Å². The van der Waals surface area contributed by atoms with Crippen molar-refractivity contribution in [3.63, 3.8) is 0 Å². The molecular formula is C13H25N3O3. The lowest BCUT2D eigenvalue weighted by atomic mass is 10.2. The zero-order chi connectivity index (χ0) is 13.7. The second-order valence-corrected chi connectivity index (χ2v) is 5.38. The van der Waals surface area contributed by atoms with Gasteiger partial charge in [0.1, 0.15) is 6.10 Å². The Balaban J connectivity index is 1.69. The molecule has 6 heteroatoms. The number of nitrogens with one attached hydrogen (secondary N) is 1. The number of carbonyl (C=O) groups is 1. The van der Waals surface area contributed by atoms with Gasteiger partial charge in [-0.3, -0.25) is 9.69 Å². The number of hydrogen-bond acceptors (Lipinski definition) is 5. The Hall–Kier alpha value is -0.690. The zero-order valence-electron chi connectivity index (χ0n) is 11.6. The van der Waals surface area contributed by atoms with Gasteiger partial charge < -0.3 is 20.5 Å². The summed E-state index contributed by atoms with van der Waals surface area (Å²) in [4.78, 5) is 14.4. The van der Waals surface area contributed by atoms with Crippen LogP contribution in [0.4, 0.5) is 0 Å². The van der Waals surface area contributed by atoms with Crippen LogP contribution in [0, 0.1) is 0 Å². The summed E-state index contributed by atoms with van der Waals surface area (Å²) in [6, 6.07) is 0.131. The lowest BCUT2D eigenvalue weighted by Gasteiger charge is -2.29. The van der Waals surface area contributed by atoms with Crippen molar-refractivity contribution in [2.45, 2.75) is 38.0 Å². The zero-order valence-corrected chi connectivity index (χ0v) is 11.6. The number of nitrogens with zero attached hydrogens (tertiary/aromatic N) is 1. The molecular weight excluding hydrogens is 246 g/mol. The van der Waals surface area contributed by atoms with Gasteiger partial charge >= 0.3 is 0 Å². The molecule has 6 nitrogen and oxygen atoms in total. The van der Waals surface area contributed by atoms with Crippen LogP contribution in [0.1, 0.15) is 19.8 Å². The molecule has 1 amide bonds. The quantitative estimate of drug-likeness (QED) is 0.693. The number of rotatable bonds is 5. The molecule has 2 fully saturated rings. The molecule has 2 aliphatic rings. The molecule has 0 aromatic heterocycles. The summed E-state index contributed by atoms with van der Waals surface area (Å²) in [5, 5.41) is 3.03. The summed E-state index contributed by atoms with van der Waals surface area (Å²) >= 11 is 0. The van der Waals surface area contributed by atoms with Gasteiger partial charge in [0.05, 0.1) is 19.3 Å². The fraction of sp³-hybridized carbons (Fsp3) is 0.923. The molecule has 0 spiro atoms. The summed E-state index contributed by atoms with van der Waals surface area (Å²) in [7, 11) is 0. The number of morpholine rings is 1. The minimum Gasteiger partial charge on any atom is -0.379 e. The first-order valence-electron chi connectivity index (χ1n) is 7.15. The Morgan fingerprint density at radius 3 is 2.79 bits per heavy atom. The molecule has 2 rings (SSSR count). The predicted octanol–water partition coefficient (Wildman–Crippen LogP) is -0.670. The summed E-state index contributed by atoms with van der Waals surface area (Å²) in [5.74, 6) is -0.00305. The molecule has 0 aromatic rings. The number of carbonyl (C=O) groups excluding carboxylic acids is 1. The predicted molar refractivity (Wildman–Crippen MR) is 71.8 cm³/mol. The van der Waals surface area contributed by atoms with E-state index in [1.54, 1.807) is 0 Å². The van der Waals surface area contributed by atoms with Crippen LogP contribution in [0.25, 0.3) is 0 Å². The second kappa shape index (κ2) is 7.19. The van der Waals surface area contributed by atoms with Crippen molar-refractivity contribution in [1.82, 2.24) is 10.2 Å². The largest absolute Gasteiger partial charge is 0.379 e. The lowest BCUT2D eigenvalue weighted by molar-refractivity contribution is -0.132. The lowest BCUT2D eigenvalue weighted by Crippen LogP contribution is -2.48. The van der Waals surface area contributed by atoms with Crippen LogP contribution in [-0.4, -0.2) is 68.4 Å². The van der Waals surface area contributed by atoms with Crippen molar-refractivity contribution in [2.24, 2.45) is 5.73 Å². The highest BCUT2D eigenvalue weighted by atomic mass is 16.5. The normalized spacial score (nSPS) is 30.2. The minimum absolute atomic E-state index is 0.00305. The third-order valence-corrected chi connectivity index (χ3v) is 3.69. The number of ether oxygens (including phenoxy) is 2. The molecule has 3 atom stereocenters. The van der Waals surface area contributed by atoms with Crippen LogP contribution in [0.5, 0.6) is 0 Å². The van der Waals surface area contributed by atoms with E-state index in [2.05, 4.69) is 10.2 Å². The SMILES string of the molecule is CC(CN1CCOCC1)NC(=O)C1CCC(CN)O1. The van der Waals surface area contributed by atoms with E-state index in [9.17, 15) is 4.79 Å². The first-order valence-corrected chi connectivity index (χ1v) is 7.15. The Morgan fingerprint density at radius 2 is 2.16 bits per heavy atom. The molecule has 0 aromatic carbocycles. The molecule has 2 heterocycles. The maximum Gasteiger partial charge on any atom is 0.249 e. The van der Waals surface area contributed by atoms with Gasteiger partial charge in [0, 0.05) is 32.2 Å². The van der Waals surface area contributed by atoms with Crippen LogP contribution in [0.2, 0.25) is 0 Å². The van der Waals surface area contributed by atoms with Crippen molar-refractivity contribution in [1.29, 1.82) is 0 Å². The van der Waals surface area contributed by atoms with E-state index in [1.165, 1.54) is 0 Å². The topological polar surface area (TPSA) is 76.8 Å². The van der Waals surface area contributed by atoms with E-state index in [0.29, 0.717) is 6.54 Å². The molecule has 3 N–H and O–H groups in total. The van der Waals surface area contributed by atoms with E-state index in [4.69, 9.17) is 15.2 Å². The Kier molecular flexibility index (Phi) is 5.57. The van der Waals surface area contributed by atoms with Gasteiger partial charge in [0.25, 0.3) is 0 Å². The van der Waals surface area contributed by atoms with E-state index < -0.39 is 0 Å². The third kappa shape index (κ3) is 4.42. The summed E-state index contributed by atoms with van der Waals surface area (Å²) < 4.78 is 10.9. The first-order chi connectivity index (χ1) is 9.19. The molecule has 3 unspecified atom stereocenters. The monoisotopic (exact) mass is 271 g/mol. The smallest absolute Gasteiger partial charge is 0.249 e. The summed E-state index contributed by atoms with van der Waals surface area (Å²) in [6.45, 7) is 6.83. The van der Waals surface area contributed by atoms with Gasteiger partial charge in [0.15, 0.2) is 0 Å². The average Bonchev–Trinajstić information content (AvgIpc) is 2.88. The molecule has 19 heavy (non-hydrogen) atoms. The Bertz CT molecular complexity index is 295. The first kappa shape index (κ1) is 14.7. The Morgan fingerprint density at radius 1 is 1.42 bits per heavy atom. The summed E-state index contributed by atoms with van der Waals surface area (Å²) in [6.07, 6.45) is 1.38. The van der Waals surface area contributed by atoms with E-state index in [-0.39, 0.29) is 24.2 Å². The highest BCUT2D eigenvalue weighted by Crippen LogP contribution is 2.18. The van der Waals surface area contributed by atoms with E-state index in [1.807, 2.05) is 6.92 Å². The molecule has 2 saturated heterocycles. The summed E-state index contributed by atoms with van der Waals surface area (Å²) in [5.41, 5.74) is 5.55. The van der Waals surface area contributed by atoms with Crippen LogP contribution in [0.3, 0.4) is 0 Å². The van der Waals surface area contributed by atoms with Gasteiger partial charge in [0.2, 0.25) is 5.91 Å². The number of amides is 1. The van der Waals surface area contributed by atoms with Crippen molar-refractivity contribution in [3.05, 3.63) is 0 Å². The van der Waals surface area contributed by atoms with Crippen LogP contribution in [0.15, 0.2) is 0 Å². The fourth-order valence-electron chi connectivity index (χ4n) is 2.62. The number of nitrogens with two attached hydrogens (primary N) is 1. The van der Waals surface area contributed by atoms with E-state index >= 15 is 0 Å². The van der Waals surface area contributed by atoms with Gasteiger partial charge in [-0.05, 0) is 19.8 Å². The average molecular weight is 271 g/mol. The van der Waals surface area contributed by atoms with Crippen LogP contribution >= 0.6 is 0 Å². The van der Waals surface area contributed by atoms with Gasteiger partial charge in [-0.25, -0.2) is 0 Å². The van der Waals surface area contributed by atoms with Crippen molar-refractivity contribution in [3.8, 4) is 0 Å². The molecule has 0 radical (unpaired) electrons. The second-order valence-electron chi connectivity index (χ2n) is 5.38. The van der Waals surface area contributed by atoms with Crippen LogP contribution in [-0.2, 0) is 14.3 Å². The molecule has 0 bridgehead atoms. The molecule has 2 aliphatic heterocycles. The third-order valence-electron chi connectivity index (χ3n) is 3.69. The standard InChI is InChI=1S/C13H25N3O3/c1-10(9-16-4-6-18-7-5-16)15-13(17)12-3-2-11(8-14)19-12/h10-12H,2-9,14H2,1H3,(H,15,17).